The molecule has 0 aliphatic heterocycles. The molecular weight excluding hydrogens is 659 g/mol. The van der Waals surface area contributed by atoms with E-state index in [1.807, 2.05) is 103 Å². The zero-order valence-electron chi connectivity index (χ0n) is 28.0. The van der Waals surface area contributed by atoms with Gasteiger partial charge < -0.3 is 18.2 Å². The third-order valence-electron chi connectivity index (χ3n) is 9.75. The zero-order valence-corrected chi connectivity index (χ0v) is 28.0. The molecule has 0 fully saturated rings. The lowest BCUT2D eigenvalue weighted by molar-refractivity contribution is 0.652. The Kier molecular flexibility index (Phi) is 6.38. The van der Waals surface area contributed by atoms with E-state index in [0.29, 0.717) is 28.1 Å². The van der Waals surface area contributed by atoms with Gasteiger partial charge in [0.05, 0.1) is 23.8 Å². The summed E-state index contributed by atoms with van der Waals surface area (Å²) < 4.78 is 19.0. The van der Waals surface area contributed by atoms with Crippen LogP contribution in [0.5, 0.6) is 0 Å². The van der Waals surface area contributed by atoms with Crippen molar-refractivity contribution in [3.05, 3.63) is 164 Å². The number of hydrogen-bond acceptors (Lipinski definition) is 8. The van der Waals surface area contributed by atoms with Crippen LogP contribution in [0.2, 0.25) is 0 Å². The van der Waals surface area contributed by atoms with Crippen LogP contribution in [-0.4, -0.2) is 15.0 Å². The lowest BCUT2D eigenvalue weighted by atomic mass is 10.1. The highest BCUT2D eigenvalue weighted by molar-refractivity contribution is 6.07. The lowest BCUT2D eigenvalue weighted by Crippen LogP contribution is -2.11. The van der Waals surface area contributed by atoms with Gasteiger partial charge in [-0.1, -0.05) is 72.8 Å². The molecule has 11 rings (SSSR count). The van der Waals surface area contributed by atoms with Crippen LogP contribution in [0, 0.1) is 0 Å². The second kappa shape index (κ2) is 11.5. The Morgan fingerprint density at radius 1 is 0.358 bits per heavy atom. The first kappa shape index (κ1) is 29.3. The Morgan fingerprint density at radius 3 is 1.51 bits per heavy atom. The molecule has 5 aromatic heterocycles. The minimum Gasteiger partial charge on any atom is -0.456 e. The molecule has 11 aromatic rings. The molecule has 0 saturated carbocycles. The molecule has 0 unspecified atom stereocenters. The molecule has 5 heterocycles. The number of aromatic nitrogens is 3. The van der Waals surface area contributed by atoms with E-state index >= 15 is 0 Å². The maximum absolute atomic E-state index is 6.47. The minimum atomic E-state index is 0.392. The van der Waals surface area contributed by atoms with E-state index in [1.165, 1.54) is 0 Å². The highest BCUT2D eigenvalue weighted by atomic mass is 16.3. The molecule has 0 radical (unpaired) electrons. The molecule has 0 amide bonds. The lowest BCUT2D eigenvalue weighted by Gasteiger charge is -2.24. The summed E-state index contributed by atoms with van der Waals surface area (Å²) in [6, 6.07) is 51.0. The van der Waals surface area contributed by atoms with Crippen LogP contribution in [0.15, 0.2) is 177 Å². The quantitative estimate of drug-likeness (QED) is 0.171. The highest BCUT2D eigenvalue weighted by Gasteiger charge is 2.22. The average Bonchev–Trinajstić information content (AvgIpc) is 3.89. The fourth-order valence-corrected chi connectivity index (χ4v) is 7.34. The van der Waals surface area contributed by atoms with Gasteiger partial charge in [0.15, 0.2) is 16.9 Å². The van der Waals surface area contributed by atoms with Crippen LogP contribution in [0.1, 0.15) is 0 Å². The van der Waals surface area contributed by atoms with Crippen LogP contribution >= 0.6 is 0 Å². The van der Waals surface area contributed by atoms with Crippen molar-refractivity contribution in [1.82, 2.24) is 15.0 Å². The second-order valence-corrected chi connectivity index (χ2v) is 12.9. The summed E-state index contributed by atoms with van der Waals surface area (Å²) in [4.78, 5) is 19.0. The maximum Gasteiger partial charge on any atom is 0.250 e. The molecule has 8 nitrogen and oxygen atoms in total. The number of anilines is 6. The number of para-hydroxylation sites is 4. The van der Waals surface area contributed by atoms with Gasteiger partial charge >= 0.3 is 0 Å². The predicted octanol–water partition coefficient (Wildman–Crippen LogP) is 12.5. The molecule has 250 valence electrons. The number of fused-ring (bicyclic) bond motifs is 9. The number of rotatable bonds is 6. The monoisotopic (exact) mass is 685 g/mol. The molecule has 0 N–H and O–H groups in total. The van der Waals surface area contributed by atoms with Crippen LogP contribution in [-0.2, 0) is 0 Å². The standard InChI is InChI=1S/C45H27N5O3/c1-3-11-28(12-4-1)49(30-19-21-35-33-15-7-9-17-37(33)51-39(35)23-30)32-25-41-43(46-26-32)44-45(53-41)48-42(27-47-44)50(29-13-5-2-6-14-29)31-20-22-36-34-16-8-10-18-38(34)52-40(36)24-31/h1-27H. The molecule has 0 aliphatic rings. The fraction of sp³-hybridized carbons (Fsp3) is 0. The zero-order chi connectivity index (χ0) is 34.9. The summed E-state index contributed by atoms with van der Waals surface area (Å²) in [6.45, 7) is 0. The van der Waals surface area contributed by atoms with Crippen LogP contribution in [0.25, 0.3) is 66.2 Å². The molecule has 0 spiro atoms. The van der Waals surface area contributed by atoms with Crippen molar-refractivity contribution in [2.45, 2.75) is 0 Å². The van der Waals surface area contributed by atoms with Gasteiger partial charge in [0, 0.05) is 56.8 Å². The Balaban J connectivity index is 1.03. The van der Waals surface area contributed by atoms with Crippen LogP contribution < -0.4 is 9.80 Å². The molecular formula is C45H27N5O3. The molecule has 0 bridgehead atoms. The third kappa shape index (κ3) is 4.73. The van der Waals surface area contributed by atoms with Crippen molar-refractivity contribution in [3.8, 4) is 0 Å². The van der Waals surface area contributed by atoms with Gasteiger partial charge in [-0.05, 0) is 60.7 Å². The number of hydrogen-bond donors (Lipinski definition) is 0. The van der Waals surface area contributed by atoms with E-state index < -0.39 is 0 Å². The van der Waals surface area contributed by atoms with Crippen molar-refractivity contribution in [1.29, 1.82) is 0 Å². The molecule has 0 aliphatic carbocycles. The minimum absolute atomic E-state index is 0.392. The van der Waals surface area contributed by atoms with Gasteiger partial charge in [-0.2, -0.15) is 4.98 Å². The Labute approximate surface area is 301 Å². The van der Waals surface area contributed by atoms with Gasteiger partial charge in [-0.15, -0.1) is 0 Å². The van der Waals surface area contributed by atoms with Gasteiger partial charge in [0.25, 0.3) is 0 Å². The fourth-order valence-electron chi connectivity index (χ4n) is 7.34. The highest BCUT2D eigenvalue weighted by Crippen LogP contribution is 2.41. The first-order valence-corrected chi connectivity index (χ1v) is 17.3. The first-order valence-electron chi connectivity index (χ1n) is 17.3. The number of pyridine rings is 1. The first-order chi connectivity index (χ1) is 26.2. The van der Waals surface area contributed by atoms with E-state index in [4.69, 9.17) is 28.2 Å². The number of benzene rings is 6. The second-order valence-electron chi connectivity index (χ2n) is 12.9. The average molecular weight is 686 g/mol. The van der Waals surface area contributed by atoms with Gasteiger partial charge in [0.2, 0.25) is 5.71 Å². The predicted molar refractivity (Wildman–Crippen MR) is 211 cm³/mol. The normalized spacial score (nSPS) is 11.8. The molecule has 0 atom stereocenters. The number of nitrogens with zero attached hydrogens (tertiary/aromatic N) is 5. The largest absolute Gasteiger partial charge is 0.456 e. The van der Waals surface area contributed by atoms with E-state index in [9.17, 15) is 0 Å². The third-order valence-corrected chi connectivity index (χ3v) is 9.75. The molecule has 0 saturated heterocycles. The van der Waals surface area contributed by atoms with Gasteiger partial charge in [0.1, 0.15) is 27.8 Å². The smallest absolute Gasteiger partial charge is 0.250 e. The molecule has 6 aromatic carbocycles. The van der Waals surface area contributed by atoms with Gasteiger partial charge in [-0.25, -0.2) is 9.97 Å². The summed E-state index contributed by atoms with van der Waals surface area (Å²) >= 11 is 0. The van der Waals surface area contributed by atoms with E-state index in [2.05, 4.69) is 64.4 Å². The number of furan rings is 3. The van der Waals surface area contributed by atoms with Crippen molar-refractivity contribution < 1.29 is 13.3 Å². The topological polar surface area (TPSA) is 84.6 Å². The van der Waals surface area contributed by atoms with Crippen LogP contribution in [0.4, 0.5) is 34.3 Å². The summed E-state index contributed by atoms with van der Waals surface area (Å²) in [7, 11) is 0. The molecule has 53 heavy (non-hydrogen) atoms. The summed E-state index contributed by atoms with van der Waals surface area (Å²) in [6.07, 6.45) is 3.61. The van der Waals surface area contributed by atoms with E-state index in [1.54, 1.807) is 6.20 Å². The SMILES string of the molecule is c1ccc(N(c2ccc3c(c2)oc2ccccc23)c2cnc3c(c2)oc2nc(N(c4ccccc4)c4ccc5c(c4)oc4ccccc45)cnc23)cc1. The Hall–Kier alpha value is -7.45. The summed E-state index contributed by atoms with van der Waals surface area (Å²) in [5.41, 5.74) is 10.0. The Morgan fingerprint density at radius 2 is 0.868 bits per heavy atom. The Bertz CT molecular complexity index is 2940. The summed E-state index contributed by atoms with van der Waals surface area (Å²) in [5.74, 6) is 0.600. The van der Waals surface area contributed by atoms with E-state index in [0.717, 1.165) is 72.3 Å². The van der Waals surface area contributed by atoms with Gasteiger partial charge in [-0.3, -0.25) is 4.90 Å². The van der Waals surface area contributed by atoms with Crippen molar-refractivity contribution >= 4 is 100 Å². The van der Waals surface area contributed by atoms with E-state index in [-0.39, 0.29) is 0 Å². The maximum atomic E-state index is 6.47. The van der Waals surface area contributed by atoms with Crippen molar-refractivity contribution in [2.75, 3.05) is 9.80 Å². The van der Waals surface area contributed by atoms with Crippen molar-refractivity contribution in [3.63, 3.8) is 0 Å². The summed E-state index contributed by atoms with van der Waals surface area (Å²) in [5, 5.41) is 4.29. The molecule has 8 heteroatoms. The van der Waals surface area contributed by atoms with Crippen molar-refractivity contribution in [2.24, 2.45) is 0 Å². The van der Waals surface area contributed by atoms with Crippen LogP contribution in [0.3, 0.4) is 0 Å².